The summed E-state index contributed by atoms with van der Waals surface area (Å²) in [7, 11) is -2.08. The normalized spacial score (nSPS) is 20.6. The quantitative estimate of drug-likeness (QED) is 0.510. The fourth-order valence-electron chi connectivity index (χ4n) is 4.86. The van der Waals surface area contributed by atoms with Crippen molar-refractivity contribution < 1.29 is 12.9 Å². The van der Waals surface area contributed by atoms with Crippen molar-refractivity contribution in [2.45, 2.75) is 56.9 Å². The van der Waals surface area contributed by atoms with E-state index in [0.717, 1.165) is 46.0 Å². The number of hydrogen-bond donors (Lipinski definition) is 0. The second-order valence-electron chi connectivity index (χ2n) is 9.19. The molecule has 1 aliphatic heterocycles. The van der Waals surface area contributed by atoms with E-state index >= 15 is 0 Å². The summed E-state index contributed by atoms with van der Waals surface area (Å²) in [5.74, 6) is 2.33. The minimum absolute atomic E-state index is 0.144. The summed E-state index contributed by atoms with van der Waals surface area (Å²) in [6.45, 7) is 4.04. The zero-order chi connectivity index (χ0) is 22.3. The van der Waals surface area contributed by atoms with Crippen LogP contribution >= 0.6 is 11.3 Å². The fraction of sp³-hybridized carbons (Fsp3) is 0.565. The molecule has 2 aromatic heterocycles. The highest BCUT2D eigenvalue weighted by molar-refractivity contribution is 7.89. The van der Waals surface area contributed by atoms with Gasteiger partial charge in [-0.1, -0.05) is 35.8 Å². The number of aryl methyl sites for hydroxylation is 1. The Kier molecular flexibility index (Phi) is 5.98. The molecule has 3 aromatic rings. The molecule has 3 heterocycles. The second-order valence-corrected chi connectivity index (χ2v) is 12.2. The van der Waals surface area contributed by atoms with Crippen molar-refractivity contribution in [3.63, 3.8) is 0 Å². The molecule has 9 heteroatoms. The Morgan fingerprint density at radius 1 is 1.12 bits per heavy atom. The van der Waals surface area contributed by atoms with Crippen LogP contribution in [-0.4, -0.2) is 43.0 Å². The van der Waals surface area contributed by atoms with Crippen LogP contribution in [0.25, 0.3) is 10.2 Å². The van der Waals surface area contributed by atoms with Crippen molar-refractivity contribution in [1.82, 2.24) is 14.4 Å². The van der Waals surface area contributed by atoms with Crippen LogP contribution in [0.4, 0.5) is 5.13 Å². The highest BCUT2D eigenvalue weighted by atomic mass is 32.2. The lowest BCUT2D eigenvalue weighted by Gasteiger charge is -2.33. The summed E-state index contributed by atoms with van der Waals surface area (Å²) in [6.07, 6.45) is 8.00. The van der Waals surface area contributed by atoms with E-state index in [-0.39, 0.29) is 11.4 Å². The first-order valence-electron chi connectivity index (χ1n) is 11.4. The van der Waals surface area contributed by atoms with Crippen molar-refractivity contribution in [2.24, 2.45) is 11.8 Å². The average molecular weight is 475 g/mol. The predicted molar refractivity (Wildman–Crippen MR) is 126 cm³/mol. The Bertz CT molecular complexity index is 1200. The van der Waals surface area contributed by atoms with Gasteiger partial charge in [0.05, 0.1) is 27.4 Å². The lowest BCUT2D eigenvalue weighted by atomic mass is 9.73. The van der Waals surface area contributed by atoms with Crippen LogP contribution in [0.3, 0.4) is 0 Å². The molecular formula is C23H30N4O3S2. The van der Waals surface area contributed by atoms with Crippen molar-refractivity contribution in [2.75, 3.05) is 25.0 Å². The van der Waals surface area contributed by atoms with E-state index in [2.05, 4.69) is 10.1 Å². The van der Waals surface area contributed by atoms with Crippen LogP contribution in [0, 0.1) is 18.8 Å². The molecule has 0 amide bonds. The number of sulfonamides is 1. The summed E-state index contributed by atoms with van der Waals surface area (Å²) in [6, 6.07) is 6.98. The van der Waals surface area contributed by atoms with E-state index in [1.165, 1.54) is 42.8 Å². The topological polar surface area (TPSA) is 79.5 Å². The summed E-state index contributed by atoms with van der Waals surface area (Å²) in [5, 5.41) is 4.84. The van der Waals surface area contributed by atoms with Gasteiger partial charge in [0.25, 0.3) is 0 Å². The molecule has 0 bridgehead atoms. The van der Waals surface area contributed by atoms with Crippen LogP contribution < -0.4 is 4.90 Å². The third-order valence-corrected chi connectivity index (χ3v) is 9.85. The number of hydrogen-bond acceptors (Lipinski definition) is 7. The van der Waals surface area contributed by atoms with Crippen molar-refractivity contribution in [1.29, 1.82) is 0 Å². The number of nitrogens with zero attached hydrogens (tertiary/aromatic N) is 4. The fourth-order valence-corrected chi connectivity index (χ4v) is 7.15. The van der Waals surface area contributed by atoms with Gasteiger partial charge >= 0.3 is 0 Å². The molecule has 1 saturated carbocycles. The van der Waals surface area contributed by atoms with E-state index in [1.54, 1.807) is 36.6 Å². The van der Waals surface area contributed by atoms with Crippen molar-refractivity contribution >= 4 is 36.7 Å². The smallest absolute Gasteiger partial charge is 0.243 e. The Labute approximate surface area is 193 Å². The first kappa shape index (κ1) is 21.9. The first-order valence-corrected chi connectivity index (χ1v) is 13.7. The Balaban J connectivity index is 1.33. The Morgan fingerprint density at radius 3 is 2.62 bits per heavy atom. The number of aromatic nitrogens is 2. The van der Waals surface area contributed by atoms with Gasteiger partial charge < -0.3 is 9.42 Å². The lowest BCUT2D eigenvalue weighted by Crippen LogP contribution is -2.26. The van der Waals surface area contributed by atoms with Crippen LogP contribution in [0.5, 0.6) is 0 Å². The standard InChI is InChI=1S/C23H30N4O3S2/c1-16-13-19(30-25-16)15-26(2)32(28,29)20-8-9-21-22(14-20)31-23(24-21)27-11-4-7-18(10-12-27)17-5-3-6-17/h8-9,13-14,17-18H,3-7,10-12,15H2,1-2H3. The van der Waals surface area contributed by atoms with E-state index in [4.69, 9.17) is 9.51 Å². The molecular weight excluding hydrogens is 444 g/mol. The summed E-state index contributed by atoms with van der Waals surface area (Å²) in [4.78, 5) is 7.51. The van der Waals surface area contributed by atoms with E-state index < -0.39 is 10.0 Å². The predicted octanol–water partition coefficient (Wildman–Crippen LogP) is 4.82. The zero-order valence-electron chi connectivity index (χ0n) is 18.7. The zero-order valence-corrected chi connectivity index (χ0v) is 20.3. The Morgan fingerprint density at radius 2 is 1.91 bits per heavy atom. The maximum Gasteiger partial charge on any atom is 0.243 e. The van der Waals surface area contributed by atoms with Gasteiger partial charge in [0.2, 0.25) is 10.0 Å². The van der Waals surface area contributed by atoms with Gasteiger partial charge in [0.15, 0.2) is 10.9 Å². The molecule has 0 spiro atoms. The largest absolute Gasteiger partial charge is 0.360 e. The SMILES string of the molecule is Cc1cc(CN(C)S(=O)(=O)c2ccc3nc(N4CCCC(C5CCC5)CC4)sc3c2)on1. The van der Waals surface area contributed by atoms with Crippen LogP contribution in [0.2, 0.25) is 0 Å². The molecule has 2 fully saturated rings. The van der Waals surface area contributed by atoms with Gasteiger partial charge in [-0.25, -0.2) is 13.4 Å². The number of fused-ring (bicyclic) bond motifs is 1. The third kappa shape index (κ3) is 4.30. The minimum Gasteiger partial charge on any atom is -0.360 e. The highest BCUT2D eigenvalue weighted by Gasteiger charge is 2.29. The third-order valence-electron chi connectivity index (χ3n) is 6.97. The van der Waals surface area contributed by atoms with Crippen LogP contribution in [-0.2, 0) is 16.6 Å². The number of anilines is 1. The second kappa shape index (κ2) is 8.76. The molecule has 0 N–H and O–H groups in total. The molecule has 1 atom stereocenters. The number of thiazole rings is 1. The summed E-state index contributed by atoms with van der Waals surface area (Å²) in [5.41, 5.74) is 1.59. The molecule has 32 heavy (non-hydrogen) atoms. The van der Waals surface area contributed by atoms with Gasteiger partial charge in [-0.3, -0.25) is 0 Å². The van der Waals surface area contributed by atoms with E-state index in [1.807, 2.05) is 13.0 Å². The molecule has 7 nitrogen and oxygen atoms in total. The maximum atomic E-state index is 13.1. The number of benzene rings is 1. The van der Waals surface area contributed by atoms with Gasteiger partial charge in [-0.05, 0) is 56.2 Å². The monoisotopic (exact) mass is 474 g/mol. The van der Waals surface area contributed by atoms with E-state index in [0.29, 0.717) is 5.76 Å². The molecule has 5 rings (SSSR count). The first-order chi connectivity index (χ1) is 15.4. The molecule has 1 unspecified atom stereocenters. The van der Waals surface area contributed by atoms with Gasteiger partial charge in [-0.15, -0.1) is 0 Å². The van der Waals surface area contributed by atoms with Gasteiger partial charge in [-0.2, -0.15) is 4.31 Å². The summed E-state index contributed by atoms with van der Waals surface area (Å²) < 4.78 is 33.6. The van der Waals surface area contributed by atoms with E-state index in [9.17, 15) is 8.42 Å². The van der Waals surface area contributed by atoms with Crippen molar-refractivity contribution in [3.8, 4) is 0 Å². The molecule has 1 aliphatic carbocycles. The molecule has 1 saturated heterocycles. The molecule has 172 valence electrons. The highest BCUT2D eigenvalue weighted by Crippen LogP contribution is 2.40. The molecule has 2 aliphatic rings. The maximum absolute atomic E-state index is 13.1. The van der Waals surface area contributed by atoms with Gasteiger partial charge in [0.1, 0.15) is 0 Å². The molecule has 1 aromatic carbocycles. The van der Waals surface area contributed by atoms with Crippen LogP contribution in [0.1, 0.15) is 50.0 Å². The molecule has 0 radical (unpaired) electrons. The minimum atomic E-state index is -3.64. The van der Waals surface area contributed by atoms with Crippen molar-refractivity contribution in [3.05, 3.63) is 35.7 Å². The van der Waals surface area contributed by atoms with Crippen LogP contribution in [0.15, 0.2) is 33.7 Å². The summed E-state index contributed by atoms with van der Waals surface area (Å²) >= 11 is 1.60. The van der Waals surface area contributed by atoms with Gasteiger partial charge in [0, 0.05) is 26.2 Å². The number of rotatable bonds is 6. The average Bonchev–Trinajstić information content (AvgIpc) is 3.26. The lowest BCUT2D eigenvalue weighted by molar-refractivity contribution is 0.191. The Hall–Kier alpha value is -1.97.